The number of fused-ring (bicyclic) bond motifs is 1. The number of aryl methyl sites for hydroxylation is 2. The third-order valence-corrected chi connectivity index (χ3v) is 5.36. The molecule has 4 rings (SSSR count). The molecule has 2 saturated heterocycles. The lowest BCUT2D eigenvalue weighted by molar-refractivity contribution is 0.0900. The molecule has 0 aliphatic carbocycles. The van der Waals surface area contributed by atoms with Crippen LogP contribution in [0.25, 0.3) is 0 Å². The van der Waals surface area contributed by atoms with Gasteiger partial charge in [-0.1, -0.05) is 5.16 Å². The second kappa shape index (κ2) is 6.31. The molecule has 0 radical (unpaired) electrons. The zero-order valence-electron chi connectivity index (χ0n) is 14.6. The highest BCUT2D eigenvalue weighted by atomic mass is 16.5. The standard InChI is InChI=1S/C18H23N3O4/c1-12-3-4-15(24-12)7-21-6-14-8-23-11-18(14,10-21)9-19-17(22)16-5-20-25-13(16)2/h3-5,14H,6-11H2,1-2H3,(H,19,22)/t14-,18+/m1/s1. The Balaban J connectivity index is 1.41. The topological polar surface area (TPSA) is 80.7 Å². The van der Waals surface area contributed by atoms with Gasteiger partial charge in [-0.05, 0) is 26.0 Å². The number of nitrogens with one attached hydrogen (secondary N) is 1. The van der Waals surface area contributed by atoms with Crippen LogP contribution in [0.4, 0.5) is 0 Å². The Labute approximate surface area is 146 Å². The molecule has 2 aliphatic heterocycles. The first kappa shape index (κ1) is 16.4. The predicted molar refractivity (Wildman–Crippen MR) is 89.0 cm³/mol. The van der Waals surface area contributed by atoms with Gasteiger partial charge in [-0.3, -0.25) is 9.69 Å². The number of furan rings is 1. The fraction of sp³-hybridized carbons (Fsp3) is 0.556. The molecular weight excluding hydrogens is 322 g/mol. The maximum absolute atomic E-state index is 12.4. The van der Waals surface area contributed by atoms with Crippen molar-refractivity contribution in [3.8, 4) is 0 Å². The molecule has 0 bridgehead atoms. The van der Waals surface area contributed by atoms with Crippen LogP contribution < -0.4 is 5.32 Å². The van der Waals surface area contributed by atoms with Gasteiger partial charge in [0.05, 0.1) is 26.0 Å². The molecular formula is C18H23N3O4. The van der Waals surface area contributed by atoms with Crippen LogP contribution in [0.1, 0.15) is 27.6 Å². The number of aromatic nitrogens is 1. The summed E-state index contributed by atoms with van der Waals surface area (Å²) in [5.74, 6) is 2.74. The van der Waals surface area contributed by atoms with E-state index in [1.807, 2.05) is 19.1 Å². The predicted octanol–water partition coefficient (Wildman–Crippen LogP) is 1.76. The summed E-state index contributed by atoms with van der Waals surface area (Å²) >= 11 is 0. The molecule has 7 heteroatoms. The molecule has 2 aromatic rings. The molecule has 0 saturated carbocycles. The van der Waals surface area contributed by atoms with E-state index < -0.39 is 0 Å². The van der Waals surface area contributed by atoms with E-state index in [4.69, 9.17) is 13.7 Å². The number of carbonyl (C=O) groups excluding carboxylic acids is 1. The lowest BCUT2D eigenvalue weighted by Gasteiger charge is -2.27. The highest BCUT2D eigenvalue weighted by molar-refractivity contribution is 5.94. The molecule has 25 heavy (non-hydrogen) atoms. The van der Waals surface area contributed by atoms with Crippen LogP contribution in [0.3, 0.4) is 0 Å². The summed E-state index contributed by atoms with van der Waals surface area (Å²) in [6.45, 7) is 8.36. The number of likely N-dealkylation sites (tertiary alicyclic amines) is 1. The quantitative estimate of drug-likeness (QED) is 0.889. The van der Waals surface area contributed by atoms with E-state index in [0.29, 0.717) is 30.4 Å². The van der Waals surface area contributed by atoms with Gasteiger partial charge in [0.1, 0.15) is 22.8 Å². The van der Waals surface area contributed by atoms with Crippen LogP contribution in [0.2, 0.25) is 0 Å². The number of carbonyl (C=O) groups is 1. The fourth-order valence-electron chi connectivity index (χ4n) is 3.97. The molecule has 0 aromatic carbocycles. The number of hydrogen-bond donors (Lipinski definition) is 1. The van der Waals surface area contributed by atoms with E-state index in [2.05, 4.69) is 15.4 Å². The molecule has 7 nitrogen and oxygen atoms in total. The molecule has 1 N–H and O–H groups in total. The lowest BCUT2D eigenvalue weighted by Crippen LogP contribution is -2.43. The zero-order valence-corrected chi connectivity index (χ0v) is 14.6. The van der Waals surface area contributed by atoms with Crippen LogP contribution in [0.5, 0.6) is 0 Å². The average Bonchev–Trinajstić information content (AvgIpc) is 3.30. The molecule has 2 fully saturated rings. The van der Waals surface area contributed by atoms with Gasteiger partial charge in [-0.15, -0.1) is 0 Å². The highest BCUT2D eigenvalue weighted by Crippen LogP contribution is 2.41. The molecule has 2 aromatic heterocycles. The van der Waals surface area contributed by atoms with Crippen molar-refractivity contribution in [2.24, 2.45) is 11.3 Å². The first-order valence-corrected chi connectivity index (χ1v) is 8.61. The van der Waals surface area contributed by atoms with Crippen molar-refractivity contribution in [1.29, 1.82) is 0 Å². The Bertz CT molecular complexity index is 768. The molecule has 4 heterocycles. The van der Waals surface area contributed by atoms with Gasteiger partial charge in [0.15, 0.2) is 0 Å². The first-order chi connectivity index (χ1) is 12.1. The summed E-state index contributed by atoms with van der Waals surface area (Å²) < 4.78 is 16.4. The van der Waals surface area contributed by atoms with Crippen LogP contribution in [0.15, 0.2) is 27.3 Å². The van der Waals surface area contributed by atoms with E-state index in [1.165, 1.54) is 6.20 Å². The third-order valence-electron chi connectivity index (χ3n) is 5.36. The largest absolute Gasteiger partial charge is 0.465 e. The molecule has 2 aliphatic rings. The first-order valence-electron chi connectivity index (χ1n) is 8.61. The Kier molecular flexibility index (Phi) is 4.13. The van der Waals surface area contributed by atoms with E-state index in [1.54, 1.807) is 6.92 Å². The maximum atomic E-state index is 12.4. The van der Waals surface area contributed by atoms with Gasteiger partial charge in [0, 0.05) is 31.0 Å². The summed E-state index contributed by atoms with van der Waals surface area (Å²) in [5.41, 5.74) is 0.454. The number of amides is 1. The van der Waals surface area contributed by atoms with Gasteiger partial charge in [0.25, 0.3) is 5.91 Å². The molecule has 1 amide bonds. The van der Waals surface area contributed by atoms with Crippen molar-refractivity contribution in [3.63, 3.8) is 0 Å². The van der Waals surface area contributed by atoms with E-state index in [-0.39, 0.29) is 11.3 Å². The smallest absolute Gasteiger partial charge is 0.256 e. The van der Waals surface area contributed by atoms with Crippen LogP contribution in [-0.4, -0.2) is 48.8 Å². The highest BCUT2D eigenvalue weighted by Gasteiger charge is 2.50. The molecule has 2 atom stereocenters. The Morgan fingerprint density at radius 3 is 3.04 bits per heavy atom. The van der Waals surface area contributed by atoms with Crippen LogP contribution >= 0.6 is 0 Å². The maximum Gasteiger partial charge on any atom is 0.256 e. The van der Waals surface area contributed by atoms with Crippen molar-refractivity contribution in [2.45, 2.75) is 20.4 Å². The zero-order chi connectivity index (χ0) is 17.4. The van der Waals surface area contributed by atoms with Gasteiger partial charge in [0.2, 0.25) is 0 Å². The second-order valence-electron chi connectivity index (χ2n) is 7.23. The Morgan fingerprint density at radius 2 is 2.32 bits per heavy atom. The molecule has 0 spiro atoms. The molecule has 134 valence electrons. The van der Waals surface area contributed by atoms with Gasteiger partial charge in [-0.2, -0.15) is 0 Å². The van der Waals surface area contributed by atoms with Gasteiger partial charge in [-0.25, -0.2) is 0 Å². The SMILES string of the molecule is Cc1ccc(CN2C[C@@H]3COC[C@]3(CNC(=O)c3cnoc3C)C2)o1. The number of rotatable bonds is 5. The number of nitrogens with zero attached hydrogens (tertiary/aromatic N) is 2. The summed E-state index contributed by atoms with van der Waals surface area (Å²) in [4.78, 5) is 14.8. The summed E-state index contributed by atoms with van der Waals surface area (Å²) in [5, 5.41) is 6.72. The van der Waals surface area contributed by atoms with Crippen LogP contribution in [0, 0.1) is 25.2 Å². The molecule has 0 unspecified atom stereocenters. The Morgan fingerprint density at radius 1 is 1.44 bits per heavy atom. The minimum Gasteiger partial charge on any atom is -0.465 e. The summed E-state index contributed by atoms with van der Waals surface area (Å²) in [6.07, 6.45) is 1.46. The summed E-state index contributed by atoms with van der Waals surface area (Å²) in [6, 6.07) is 4.02. The van der Waals surface area contributed by atoms with E-state index >= 15 is 0 Å². The van der Waals surface area contributed by atoms with Crippen molar-refractivity contribution >= 4 is 5.91 Å². The second-order valence-corrected chi connectivity index (χ2v) is 7.23. The van der Waals surface area contributed by atoms with Crippen molar-refractivity contribution in [1.82, 2.24) is 15.4 Å². The minimum absolute atomic E-state index is 0.0393. The average molecular weight is 345 g/mol. The van der Waals surface area contributed by atoms with E-state index in [9.17, 15) is 4.79 Å². The van der Waals surface area contributed by atoms with E-state index in [0.717, 1.165) is 37.8 Å². The number of hydrogen-bond acceptors (Lipinski definition) is 6. The summed E-state index contributed by atoms with van der Waals surface area (Å²) in [7, 11) is 0. The third kappa shape index (κ3) is 3.09. The number of ether oxygens (including phenoxy) is 1. The minimum atomic E-state index is -0.140. The van der Waals surface area contributed by atoms with Crippen molar-refractivity contribution in [2.75, 3.05) is 32.8 Å². The Hall–Kier alpha value is -2.12. The van der Waals surface area contributed by atoms with Crippen molar-refractivity contribution < 1.29 is 18.5 Å². The van der Waals surface area contributed by atoms with Gasteiger partial charge < -0.3 is 19.0 Å². The lowest BCUT2D eigenvalue weighted by atomic mass is 9.81. The normalized spacial score (nSPS) is 26.1. The fourth-order valence-corrected chi connectivity index (χ4v) is 3.97. The van der Waals surface area contributed by atoms with Crippen molar-refractivity contribution in [3.05, 3.63) is 41.2 Å². The van der Waals surface area contributed by atoms with Gasteiger partial charge >= 0.3 is 0 Å². The monoisotopic (exact) mass is 345 g/mol. The van der Waals surface area contributed by atoms with Crippen LogP contribution in [-0.2, 0) is 11.3 Å².